The first kappa shape index (κ1) is 20.6. The van der Waals surface area contributed by atoms with E-state index in [0.29, 0.717) is 0 Å². The second-order valence-corrected chi connectivity index (χ2v) is 10.0. The molecule has 7 aromatic carbocycles. The van der Waals surface area contributed by atoms with Crippen molar-refractivity contribution in [2.24, 2.45) is 0 Å². The molecule has 0 aliphatic heterocycles. The third kappa shape index (κ3) is 2.92. The zero-order chi connectivity index (χ0) is 24.5. The van der Waals surface area contributed by atoms with Gasteiger partial charge in [0.2, 0.25) is 0 Å². The molecule has 1 nitrogen and oxygen atoms in total. The number of fused-ring (bicyclic) bond motifs is 10. The Labute approximate surface area is 215 Å². The number of rotatable bonds is 2. The third-order valence-corrected chi connectivity index (χ3v) is 8.13. The quantitative estimate of drug-likeness (QED) is 0.221. The van der Waals surface area contributed by atoms with Crippen LogP contribution in [0.3, 0.4) is 0 Å². The van der Waals surface area contributed by atoms with Crippen LogP contribution in [-0.2, 0) is 6.54 Å². The molecule has 0 radical (unpaired) electrons. The molecule has 0 N–H and O–H groups in total. The molecule has 8 aromatic rings. The Morgan fingerprint density at radius 2 is 1.00 bits per heavy atom. The maximum absolute atomic E-state index is 2.45. The van der Waals surface area contributed by atoms with Gasteiger partial charge in [0.15, 0.2) is 0 Å². The smallest absolute Gasteiger partial charge is 0.0497 e. The summed E-state index contributed by atoms with van der Waals surface area (Å²) in [4.78, 5) is 0. The van der Waals surface area contributed by atoms with Crippen molar-refractivity contribution in [2.75, 3.05) is 0 Å². The molecule has 1 heteroatoms. The molecule has 0 atom stereocenters. The van der Waals surface area contributed by atoms with Crippen molar-refractivity contribution in [3.05, 3.63) is 121 Å². The van der Waals surface area contributed by atoms with E-state index in [2.05, 4.69) is 133 Å². The highest BCUT2D eigenvalue weighted by molar-refractivity contribution is 6.29. The second kappa shape index (κ2) is 7.69. The fourth-order valence-electron chi connectivity index (χ4n) is 6.38. The Hall–Kier alpha value is -4.62. The molecule has 37 heavy (non-hydrogen) atoms. The first-order valence-electron chi connectivity index (χ1n) is 13.1. The van der Waals surface area contributed by atoms with Crippen molar-refractivity contribution in [3.63, 3.8) is 0 Å². The van der Waals surface area contributed by atoms with Crippen molar-refractivity contribution in [1.29, 1.82) is 0 Å². The minimum Gasteiger partial charge on any atom is -0.341 e. The summed E-state index contributed by atoms with van der Waals surface area (Å²) in [6.45, 7) is 3.19. The predicted molar refractivity (Wildman–Crippen MR) is 161 cm³/mol. The predicted octanol–water partition coefficient (Wildman–Crippen LogP) is 10.1. The van der Waals surface area contributed by atoms with E-state index in [1.807, 2.05) is 0 Å². The first-order valence-corrected chi connectivity index (χ1v) is 13.1. The maximum Gasteiger partial charge on any atom is 0.0497 e. The fourth-order valence-corrected chi connectivity index (χ4v) is 6.38. The number of aromatic nitrogens is 1. The Balaban J connectivity index is 1.49. The number of hydrogen-bond donors (Lipinski definition) is 0. The average molecular weight is 472 g/mol. The van der Waals surface area contributed by atoms with Crippen LogP contribution in [0.1, 0.15) is 6.92 Å². The van der Waals surface area contributed by atoms with Gasteiger partial charge in [0.25, 0.3) is 0 Å². The van der Waals surface area contributed by atoms with Crippen LogP contribution in [0.15, 0.2) is 121 Å². The molecule has 174 valence electrons. The summed E-state index contributed by atoms with van der Waals surface area (Å²) in [6, 6.07) is 44.9. The maximum atomic E-state index is 2.45. The molecule has 0 amide bonds. The molecular weight excluding hydrogens is 446 g/mol. The van der Waals surface area contributed by atoms with Crippen molar-refractivity contribution < 1.29 is 0 Å². The number of para-hydroxylation sites is 1. The first-order chi connectivity index (χ1) is 18.3. The van der Waals surface area contributed by atoms with Gasteiger partial charge in [0, 0.05) is 28.4 Å². The number of hydrogen-bond acceptors (Lipinski definition) is 0. The van der Waals surface area contributed by atoms with Gasteiger partial charge in [0.1, 0.15) is 0 Å². The van der Waals surface area contributed by atoms with Crippen LogP contribution < -0.4 is 0 Å². The van der Waals surface area contributed by atoms with Crippen molar-refractivity contribution in [1.82, 2.24) is 4.57 Å². The zero-order valence-corrected chi connectivity index (χ0v) is 20.7. The van der Waals surface area contributed by atoms with Gasteiger partial charge in [-0.05, 0) is 91.5 Å². The number of nitrogens with zero attached hydrogens (tertiary/aromatic N) is 1. The van der Waals surface area contributed by atoms with Crippen LogP contribution in [0.2, 0.25) is 0 Å². The van der Waals surface area contributed by atoms with E-state index in [-0.39, 0.29) is 0 Å². The molecular formula is C36H25N. The third-order valence-electron chi connectivity index (χ3n) is 8.13. The molecule has 0 saturated carbocycles. The lowest BCUT2D eigenvalue weighted by molar-refractivity contribution is 0.827. The monoisotopic (exact) mass is 471 g/mol. The van der Waals surface area contributed by atoms with Crippen LogP contribution >= 0.6 is 0 Å². The molecule has 1 heterocycles. The van der Waals surface area contributed by atoms with E-state index >= 15 is 0 Å². The van der Waals surface area contributed by atoms with Crippen molar-refractivity contribution >= 4 is 64.9 Å². The van der Waals surface area contributed by atoms with Crippen LogP contribution in [0.25, 0.3) is 76.0 Å². The van der Waals surface area contributed by atoms with E-state index in [1.165, 1.54) is 76.0 Å². The molecule has 0 spiro atoms. The normalized spacial score (nSPS) is 12.0. The molecule has 0 aliphatic rings. The zero-order valence-electron chi connectivity index (χ0n) is 20.7. The van der Waals surface area contributed by atoms with Crippen molar-refractivity contribution in [2.45, 2.75) is 13.5 Å². The Kier molecular flexibility index (Phi) is 4.27. The minimum absolute atomic E-state index is 0.955. The molecule has 0 bridgehead atoms. The van der Waals surface area contributed by atoms with Gasteiger partial charge in [-0.15, -0.1) is 0 Å². The van der Waals surface area contributed by atoms with Crippen molar-refractivity contribution in [3.8, 4) is 11.1 Å². The molecule has 0 fully saturated rings. The van der Waals surface area contributed by atoms with Gasteiger partial charge in [0.05, 0.1) is 0 Å². The van der Waals surface area contributed by atoms with Gasteiger partial charge in [-0.1, -0.05) is 91.0 Å². The highest BCUT2D eigenvalue weighted by Crippen LogP contribution is 2.41. The van der Waals surface area contributed by atoms with E-state index in [1.54, 1.807) is 0 Å². The molecule has 0 aliphatic carbocycles. The Bertz CT molecular complexity index is 2180. The molecule has 0 unspecified atom stereocenters. The number of benzene rings is 7. The Morgan fingerprint density at radius 1 is 0.405 bits per heavy atom. The highest BCUT2D eigenvalue weighted by atomic mass is 15.0. The second-order valence-electron chi connectivity index (χ2n) is 10.0. The summed E-state index contributed by atoms with van der Waals surface area (Å²) in [5.74, 6) is 0. The average Bonchev–Trinajstić information content (AvgIpc) is 3.28. The lowest BCUT2D eigenvalue weighted by atomic mass is 9.91. The summed E-state index contributed by atoms with van der Waals surface area (Å²) in [7, 11) is 0. The molecule has 1 aromatic heterocycles. The van der Waals surface area contributed by atoms with Crippen LogP contribution in [0.4, 0.5) is 0 Å². The topological polar surface area (TPSA) is 4.93 Å². The van der Waals surface area contributed by atoms with Gasteiger partial charge in [-0.2, -0.15) is 0 Å². The highest BCUT2D eigenvalue weighted by Gasteiger charge is 2.15. The summed E-state index contributed by atoms with van der Waals surface area (Å²) >= 11 is 0. The lowest BCUT2D eigenvalue weighted by Gasteiger charge is -2.13. The summed E-state index contributed by atoms with van der Waals surface area (Å²) in [5.41, 5.74) is 5.13. The van der Waals surface area contributed by atoms with Crippen LogP contribution in [0, 0.1) is 0 Å². The van der Waals surface area contributed by atoms with E-state index in [4.69, 9.17) is 0 Å². The van der Waals surface area contributed by atoms with Crippen LogP contribution in [0.5, 0.6) is 0 Å². The van der Waals surface area contributed by atoms with Crippen LogP contribution in [-0.4, -0.2) is 4.57 Å². The fraction of sp³-hybridized carbons (Fsp3) is 0.0556. The standard InChI is InChI=1S/C36H25N/c1-2-37-35-14-8-7-13-30(35)34-21-32-29-18-17-26(25-16-15-23-9-3-4-10-24(23)19-25)20-31(29)27-11-5-6-12-28(27)33(32)22-36(34)37/h3-22H,2H2,1H3. The van der Waals surface area contributed by atoms with Gasteiger partial charge < -0.3 is 4.57 Å². The van der Waals surface area contributed by atoms with E-state index in [0.717, 1.165) is 6.54 Å². The van der Waals surface area contributed by atoms with Gasteiger partial charge in [-0.25, -0.2) is 0 Å². The van der Waals surface area contributed by atoms with Gasteiger partial charge in [-0.3, -0.25) is 0 Å². The van der Waals surface area contributed by atoms with E-state index in [9.17, 15) is 0 Å². The number of aryl methyl sites for hydroxylation is 1. The summed E-state index contributed by atoms with van der Waals surface area (Å²) < 4.78 is 2.45. The van der Waals surface area contributed by atoms with E-state index < -0.39 is 0 Å². The molecule has 8 rings (SSSR count). The largest absolute Gasteiger partial charge is 0.341 e. The SMILES string of the molecule is CCn1c2ccccc2c2cc3c4ccc(-c5ccc6ccccc6c5)cc4c4ccccc4c3cc21. The summed E-state index contributed by atoms with van der Waals surface area (Å²) in [5, 5.41) is 13.1. The molecule has 0 saturated heterocycles. The minimum atomic E-state index is 0.955. The lowest BCUT2D eigenvalue weighted by Crippen LogP contribution is -1.93. The van der Waals surface area contributed by atoms with Gasteiger partial charge >= 0.3 is 0 Å². The summed E-state index contributed by atoms with van der Waals surface area (Å²) in [6.07, 6.45) is 0. The Morgan fingerprint density at radius 3 is 1.81 bits per heavy atom.